The van der Waals surface area contributed by atoms with Gasteiger partial charge in [0.1, 0.15) is 67.6 Å². The number of ether oxygens (including phenoxy) is 10. The van der Waals surface area contributed by atoms with E-state index < -0.39 is 197 Å². The molecule has 0 aromatic rings. The summed E-state index contributed by atoms with van der Waals surface area (Å²) in [6.45, 7) is -1.95. The number of aliphatic hydroxyl groups is 14. The van der Waals surface area contributed by atoms with Gasteiger partial charge in [0, 0.05) is 31.6 Å². The zero-order valence-corrected chi connectivity index (χ0v) is 42.8. The predicted octanol–water partition coefficient (Wildman–Crippen LogP) is -4.82. The van der Waals surface area contributed by atoms with E-state index >= 15 is 0 Å². The smallest absolute Gasteiger partial charge is 0.330 e. The minimum absolute atomic E-state index is 0.00845. The Labute approximate surface area is 444 Å². The molecule has 0 aromatic carbocycles. The van der Waals surface area contributed by atoms with Crippen molar-refractivity contribution in [3.63, 3.8) is 0 Å². The quantitative estimate of drug-likeness (QED) is 0.0509. The van der Waals surface area contributed by atoms with Gasteiger partial charge in [0.15, 0.2) is 25.0 Å². The Kier molecular flexibility index (Phi) is 21.3. The predicted molar refractivity (Wildman–Crippen MR) is 255 cm³/mol. The summed E-state index contributed by atoms with van der Waals surface area (Å²) in [7, 11) is 1.48. The molecule has 0 amide bonds. The van der Waals surface area contributed by atoms with Crippen LogP contribution in [0.25, 0.3) is 0 Å². The van der Waals surface area contributed by atoms with E-state index in [0.717, 1.165) is 6.08 Å². The third-order valence-corrected chi connectivity index (χ3v) is 16.9. The average Bonchev–Trinajstić information content (AvgIpc) is 3.42. The Morgan fingerprint density at radius 2 is 1.16 bits per heavy atom. The maximum Gasteiger partial charge on any atom is 0.330 e. The summed E-state index contributed by atoms with van der Waals surface area (Å²) in [6, 6.07) is 0. The van der Waals surface area contributed by atoms with Crippen molar-refractivity contribution in [3.8, 4) is 0 Å². The van der Waals surface area contributed by atoms with E-state index in [4.69, 9.17) is 47.4 Å². The summed E-state index contributed by atoms with van der Waals surface area (Å²) in [6.07, 6.45) is -26.0. The van der Waals surface area contributed by atoms with Crippen molar-refractivity contribution >= 4 is 11.9 Å². The molecule has 8 aliphatic rings. The number of carbonyl (C=O) groups excluding carboxylic acids is 2. The summed E-state index contributed by atoms with van der Waals surface area (Å²) in [4.78, 5) is 26.5. The Morgan fingerprint density at radius 1 is 0.519 bits per heavy atom. The van der Waals surface area contributed by atoms with Gasteiger partial charge in [-0.3, -0.25) is 0 Å². The highest BCUT2D eigenvalue weighted by Crippen LogP contribution is 2.45. The molecule has 4 aliphatic carbocycles. The maximum atomic E-state index is 13.3. The number of aliphatic hydroxyl groups excluding tert-OH is 14. The topological polar surface area (TPSA) is 410 Å². The van der Waals surface area contributed by atoms with E-state index in [9.17, 15) is 81.1 Å². The first-order valence-electron chi connectivity index (χ1n) is 27.0. The van der Waals surface area contributed by atoms with Gasteiger partial charge in [0.2, 0.25) is 0 Å². The Morgan fingerprint density at radius 3 is 1.84 bits per heavy atom. The van der Waals surface area contributed by atoms with Crippen LogP contribution >= 0.6 is 0 Å². The third-order valence-electron chi connectivity index (χ3n) is 16.9. The lowest BCUT2D eigenvalue weighted by atomic mass is 9.72. The monoisotopic (exact) mass is 1110 g/mol. The van der Waals surface area contributed by atoms with Gasteiger partial charge in [-0.2, -0.15) is 0 Å². The van der Waals surface area contributed by atoms with Gasteiger partial charge >= 0.3 is 11.9 Å². The molecular formula is C51H80O26. The summed E-state index contributed by atoms with van der Waals surface area (Å²) < 4.78 is 60.4. The normalized spacial score (nSPS) is 49.1. The number of esters is 2. The number of carbonyl (C=O) groups is 2. The van der Waals surface area contributed by atoms with Crippen LogP contribution in [-0.4, -0.2) is 264 Å². The van der Waals surface area contributed by atoms with Crippen LogP contribution in [0, 0.1) is 23.7 Å². The van der Waals surface area contributed by atoms with Gasteiger partial charge in [-0.25, -0.2) is 9.59 Å². The van der Waals surface area contributed by atoms with Crippen LogP contribution in [-0.2, 0) is 57.0 Å². The molecule has 8 rings (SSSR count). The molecule has 4 heterocycles. The van der Waals surface area contributed by atoms with Gasteiger partial charge in [0.05, 0.1) is 80.4 Å². The first-order chi connectivity index (χ1) is 36.7. The van der Waals surface area contributed by atoms with Crippen molar-refractivity contribution in [1.82, 2.24) is 0 Å². The van der Waals surface area contributed by atoms with Gasteiger partial charge in [-0.1, -0.05) is 12.2 Å². The van der Waals surface area contributed by atoms with Crippen molar-refractivity contribution in [2.75, 3.05) is 26.9 Å². The molecule has 8 fully saturated rings. The van der Waals surface area contributed by atoms with Crippen LogP contribution < -0.4 is 0 Å². The molecule has 0 spiro atoms. The fraction of sp³-hybridized carbons (Fsp3) is 0.882. The van der Waals surface area contributed by atoms with Crippen LogP contribution in [0.2, 0.25) is 0 Å². The lowest BCUT2D eigenvalue weighted by Gasteiger charge is -2.53. The molecule has 4 saturated carbocycles. The number of hydrogen-bond acceptors (Lipinski definition) is 26. The van der Waals surface area contributed by atoms with Crippen molar-refractivity contribution in [1.29, 1.82) is 0 Å². The van der Waals surface area contributed by atoms with Crippen molar-refractivity contribution in [2.24, 2.45) is 23.7 Å². The van der Waals surface area contributed by atoms with Crippen LogP contribution in [0.3, 0.4) is 0 Å². The first-order valence-corrected chi connectivity index (χ1v) is 27.0. The summed E-state index contributed by atoms with van der Waals surface area (Å²) in [5, 5.41) is 151. The Hall–Kier alpha value is -2.46. The fourth-order valence-electron chi connectivity index (χ4n) is 12.2. The van der Waals surface area contributed by atoms with Gasteiger partial charge < -0.3 is 119 Å². The van der Waals surface area contributed by atoms with Crippen molar-refractivity contribution in [3.05, 3.63) is 24.3 Å². The first kappa shape index (κ1) is 60.6. The number of rotatable bonds is 16. The zero-order valence-electron chi connectivity index (χ0n) is 42.8. The molecule has 26 heteroatoms. The van der Waals surface area contributed by atoms with Gasteiger partial charge in [-0.15, -0.1) is 0 Å². The van der Waals surface area contributed by atoms with Crippen molar-refractivity contribution in [2.45, 2.75) is 230 Å². The van der Waals surface area contributed by atoms with E-state index in [1.165, 1.54) is 19.3 Å². The van der Waals surface area contributed by atoms with Gasteiger partial charge in [0.25, 0.3) is 0 Å². The molecule has 26 nitrogen and oxygen atoms in total. The SMILES string of the molecule is COC1CC(C=CC(=O)OCC2OC(OC3CC4C(OC5OC(CO)C(O)C(O)C5O)CC(O)CC4OC3C3CCC(O)C(O)C3)C(OC3OCC(O)C(O)C3OC(=O)C=CC3CCC(O)C(O)C3)C(O)C2O)CCC1O. The van der Waals surface area contributed by atoms with E-state index in [-0.39, 0.29) is 56.8 Å². The lowest BCUT2D eigenvalue weighted by Crippen LogP contribution is -2.65. The fourth-order valence-corrected chi connectivity index (χ4v) is 12.2. The molecule has 0 radical (unpaired) electrons. The maximum absolute atomic E-state index is 13.3. The van der Waals surface area contributed by atoms with Crippen LogP contribution in [0.5, 0.6) is 0 Å². The Balaban J connectivity index is 1.06. The molecule has 77 heavy (non-hydrogen) atoms. The minimum atomic E-state index is -1.99. The molecule has 4 aliphatic heterocycles. The molecule has 29 atom stereocenters. The van der Waals surface area contributed by atoms with E-state index in [2.05, 4.69) is 0 Å². The largest absolute Gasteiger partial charge is 0.460 e. The van der Waals surface area contributed by atoms with E-state index in [1.807, 2.05) is 0 Å². The summed E-state index contributed by atoms with van der Waals surface area (Å²) >= 11 is 0. The van der Waals surface area contributed by atoms with Crippen LogP contribution in [0.15, 0.2) is 24.3 Å². The summed E-state index contributed by atoms with van der Waals surface area (Å²) in [5.74, 6) is -3.51. The lowest BCUT2D eigenvalue weighted by molar-refractivity contribution is -0.373. The highest BCUT2D eigenvalue weighted by molar-refractivity contribution is 5.82. The van der Waals surface area contributed by atoms with E-state index in [1.54, 1.807) is 6.08 Å². The standard InChI is InChI=1S/C51H80O26/c1-68-34-13-22(3-8-28(34)56)4-10-38(60)69-20-37-42(64)44(66)48(77-50-47(40(62)31(59)19-70-50)76-39(61)11-5-21-2-7-26(54)29(57)12-21)51(75-37)73-35-17-25-32(71-46(35)23-6-9-27(55)30(58)14-23)15-24(53)16-33(25)72-49-45(67)43(65)41(63)36(18-52)74-49/h4-5,10-11,21-37,40-59,62-67H,2-3,6-9,12-20H2,1H3. The second-order valence-corrected chi connectivity index (χ2v) is 22.2. The summed E-state index contributed by atoms with van der Waals surface area (Å²) in [5.41, 5.74) is 0. The number of hydrogen-bond donors (Lipinski definition) is 14. The zero-order chi connectivity index (χ0) is 55.4. The van der Waals surface area contributed by atoms with Crippen LogP contribution in [0.4, 0.5) is 0 Å². The average molecular weight is 1110 g/mol. The molecule has 14 N–H and O–H groups in total. The molecule has 440 valence electrons. The number of fused-ring (bicyclic) bond motifs is 1. The molecular weight excluding hydrogens is 1030 g/mol. The van der Waals surface area contributed by atoms with Crippen molar-refractivity contribution < 1.29 is 128 Å². The third kappa shape index (κ3) is 14.6. The van der Waals surface area contributed by atoms with E-state index in [0.29, 0.717) is 32.1 Å². The molecule has 4 saturated heterocycles. The molecule has 0 aromatic heterocycles. The number of methoxy groups -OCH3 is 1. The Bertz CT molecular complexity index is 1950. The number of allylic oxidation sites excluding steroid dienone is 2. The minimum Gasteiger partial charge on any atom is -0.460 e. The second kappa shape index (κ2) is 27.1. The highest BCUT2D eigenvalue weighted by atomic mass is 16.8. The second-order valence-electron chi connectivity index (χ2n) is 22.2. The van der Waals surface area contributed by atoms with Crippen LogP contribution in [0.1, 0.15) is 77.0 Å². The molecule has 0 bridgehead atoms. The van der Waals surface area contributed by atoms with Gasteiger partial charge in [-0.05, 0) is 88.4 Å². The molecule has 29 unspecified atom stereocenters. The highest BCUT2D eigenvalue weighted by Gasteiger charge is 2.56.